The molecule has 1 unspecified atom stereocenters. The van der Waals surface area contributed by atoms with Crippen LogP contribution >= 0.6 is 0 Å². The van der Waals surface area contributed by atoms with Gasteiger partial charge in [0.2, 0.25) is 0 Å². The van der Waals surface area contributed by atoms with Crippen molar-refractivity contribution in [2.75, 3.05) is 13.1 Å². The largest absolute Gasteiger partial charge is 0.327 e. The fraction of sp³-hybridized carbons (Fsp3) is 0.600. The van der Waals surface area contributed by atoms with Gasteiger partial charge < -0.3 is 5.73 Å². The zero-order valence-electron chi connectivity index (χ0n) is 12.4. The molecule has 110 valence electrons. The van der Waals surface area contributed by atoms with E-state index in [0.717, 1.165) is 31.6 Å². The molecule has 5 heteroatoms. The van der Waals surface area contributed by atoms with Gasteiger partial charge in [-0.1, -0.05) is 26.0 Å². The minimum atomic E-state index is -0.311. The highest BCUT2D eigenvalue weighted by Gasteiger charge is 2.33. The normalized spacial score (nSPS) is 22.7. The predicted octanol–water partition coefficient (Wildman–Crippen LogP) is 2.46. The first-order valence-electron chi connectivity index (χ1n) is 7.01. The first kappa shape index (κ1) is 14.9. The van der Waals surface area contributed by atoms with E-state index in [4.69, 9.17) is 5.73 Å². The molecule has 0 bridgehead atoms. The third-order valence-corrected chi connectivity index (χ3v) is 4.27. The summed E-state index contributed by atoms with van der Waals surface area (Å²) < 4.78 is 0. The van der Waals surface area contributed by atoms with Crippen molar-refractivity contribution >= 4 is 5.69 Å². The Morgan fingerprint density at radius 2 is 2.20 bits per heavy atom. The van der Waals surface area contributed by atoms with Gasteiger partial charge in [-0.15, -0.1) is 0 Å². The molecule has 0 saturated carbocycles. The molecular weight excluding hydrogens is 254 g/mol. The van der Waals surface area contributed by atoms with Crippen molar-refractivity contribution in [3.8, 4) is 0 Å². The van der Waals surface area contributed by atoms with Crippen LogP contribution in [0.5, 0.6) is 0 Å². The Kier molecular flexibility index (Phi) is 4.11. The number of hydrogen-bond donors (Lipinski definition) is 1. The summed E-state index contributed by atoms with van der Waals surface area (Å²) in [5.41, 5.74) is 8.13. The number of nitrogens with two attached hydrogens (primary N) is 1. The van der Waals surface area contributed by atoms with Crippen molar-refractivity contribution in [3.05, 3.63) is 39.4 Å². The molecule has 1 saturated heterocycles. The molecule has 1 heterocycles. The molecule has 1 aromatic rings. The van der Waals surface area contributed by atoms with Crippen molar-refractivity contribution in [1.82, 2.24) is 4.90 Å². The fourth-order valence-electron chi connectivity index (χ4n) is 2.83. The Bertz CT molecular complexity index is 514. The van der Waals surface area contributed by atoms with Crippen LogP contribution < -0.4 is 5.73 Å². The molecule has 20 heavy (non-hydrogen) atoms. The zero-order valence-corrected chi connectivity index (χ0v) is 12.4. The van der Waals surface area contributed by atoms with Gasteiger partial charge in [-0.25, -0.2) is 0 Å². The van der Waals surface area contributed by atoms with Crippen LogP contribution in [0.3, 0.4) is 0 Å². The van der Waals surface area contributed by atoms with Crippen molar-refractivity contribution in [3.63, 3.8) is 0 Å². The number of aryl methyl sites for hydroxylation is 1. The van der Waals surface area contributed by atoms with E-state index in [2.05, 4.69) is 18.7 Å². The second kappa shape index (κ2) is 5.50. The van der Waals surface area contributed by atoms with Crippen molar-refractivity contribution in [2.24, 2.45) is 11.1 Å². The summed E-state index contributed by atoms with van der Waals surface area (Å²) in [6.07, 6.45) is 0.973. The van der Waals surface area contributed by atoms with Crippen LogP contribution in [0.2, 0.25) is 0 Å². The summed E-state index contributed by atoms with van der Waals surface area (Å²) in [5.74, 6) is 0. The van der Waals surface area contributed by atoms with E-state index in [1.165, 1.54) is 0 Å². The molecular formula is C15H23N3O2. The van der Waals surface area contributed by atoms with E-state index in [1.54, 1.807) is 13.0 Å². The van der Waals surface area contributed by atoms with E-state index in [1.807, 2.05) is 12.1 Å². The van der Waals surface area contributed by atoms with Gasteiger partial charge in [0.25, 0.3) is 5.69 Å². The predicted molar refractivity (Wildman–Crippen MR) is 79.5 cm³/mol. The number of benzene rings is 1. The molecule has 1 aromatic carbocycles. The van der Waals surface area contributed by atoms with Crippen LogP contribution in [0.15, 0.2) is 18.2 Å². The second-order valence-electron chi connectivity index (χ2n) is 6.47. The highest BCUT2D eigenvalue weighted by molar-refractivity contribution is 5.42. The molecule has 0 spiro atoms. The second-order valence-corrected chi connectivity index (χ2v) is 6.47. The van der Waals surface area contributed by atoms with Crippen LogP contribution in [0, 0.1) is 22.5 Å². The lowest BCUT2D eigenvalue weighted by atomic mass is 9.79. The monoisotopic (exact) mass is 277 g/mol. The number of likely N-dealkylation sites (tertiary alicyclic amines) is 1. The average molecular weight is 277 g/mol. The van der Waals surface area contributed by atoms with E-state index in [0.29, 0.717) is 5.56 Å². The molecule has 5 nitrogen and oxygen atoms in total. The molecule has 1 aliphatic heterocycles. The number of hydrogen-bond acceptors (Lipinski definition) is 4. The Hall–Kier alpha value is -1.46. The lowest BCUT2D eigenvalue weighted by molar-refractivity contribution is -0.385. The topological polar surface area (TPSA) is 72.4 Å². The smallest absolute Gasteiger partial charge is 0.272 e. The first-order valence-corrected chi connectivity index (χ1v) is 7.01. The number of nitro benzene ring substituents is 1. The van der Waals surface area contributed by atoms with Gasteiger partial charge in [-0.3, -0.25) is 15.0 Å². The van der Waals surface area contributed by atoms with Crippen LogP contribution in [0.25, 0.3) is 0 Å². The van der Waals surface area contributed by atoms with Gasteiger partial charge in [0.15, 0.2) is 0 Å². The highest BCUT2D eigenvalue weighted by atomic mass is 16.6. The van der Waals surface area contributed by atoms with E-state index in [9.17, 15) is 10.1 Å². The summed E-state index contributed by atoms with van der Waals surface area (Å²) in [6, 6.07) is 5.72. The fourth-order valence-corrected chi connectivity index (χ4v) is 2.83. The lowest BCUT2D eigenvalue weighted by Crippen LogP contribution is -2.52. The Balaban J connectivity index is 2.11. The SMILES string of the molecule is Cc1ccc(CN2CCC(N)C(C)(C)C2)cc1[N+](=O)[O-]. The number of rotatable bonds is 3. The van der Waals surface area contributed by atoms with E-state index in [-0.39, 0.29) is 22.1 Å². The van der Waals surface area contributed by atoms with E-state index >= 15 is 0 Å². The molecule has 0 aliphatic carbocycles. The maximum atomic E-state index is 11.0. The first-order chi connectivity index (χ1) is 9.29. The molecule has 2 rings (SSSR count). The van der Waals surface area contributed by atoms with Gasteiger partial charge >= 0.3 is 0 Å². The summed E-state index contributed by atoms with van der Waals surface area (Å²) in [5, 5.41) is 11.0. The summed E-state index contributed by atoms with van der Waals surface area (Å²) in [6.45, 7) is 8.76. The molecule has 1 atom stereocenters. The Labute approximate surface area is 119 Å². The summed E-state index contributed by atoms with van der Waals surface area (Å²) in [7, 11) is 0. The van der Waals surface area contributed by atoms with Gasteiger partial charge in [0, 0.05) is 37.3 Å². The standard InChI is InChI=1S/C15H23N3O2/c1-11-4-5-12(8-13(11)18(19)20)9-17-7-6-14(16)15(2,3)10-17/h4-5,8,14H,6-7,9-10,16H2,1-3H3. The van der Waals surface area contributed by atoms with Gasteiger partial charge in [0.05, 0.1) is 4.92 Å². The summed E-state index contributed by atoms with van der Waals surface area (Å²) >= 11 is 0. The van der Waals surface area contributed by atoms with Crippen molar-refractivity contribution < 1.29 is 4.92 Å². The van der Waals surface area contributed by atoms with Crippen LogP contribution in [0.4, 0.5) is 5.69 Å². The van der Waals surface area contributed by atoms with E-state index < -0.39 is 0 Å². The number of piperidine rings is 1. The minimum absolute atomic E-state index is 0.0921. The molecule has 0 amide bonds. The Morgan fingerprint density at radius 3 is 2.80 bits per heavy atom. The molecule has 1 aliphatic rings. The quantitative estimate of drug-likeness (QED) is 0.680. The van der Waals surface area contributed by atoms with Gasteiger partial charge in [-0.05, 0) is 24.3 Å². The van der Waals surface area contributed by atoms with Crippen LogP contribution in [0.1, 0.15) is 31.4 Å². The molecule has 2 N–H and O–H groups in total. The zero-order chi connectivity index (χ0) is 14.9. The van der Waals surface area contributed by atoms with Gasteiger partial charge in [0.1, 0.15) is 0 Å². The number of nitrogens with zero attached hydrogens (tertiary/aromatic N) is 2. The molecule has 1 fully saturated rings. The van der Waals surface area contributed by atoms with Crippen molar-refractivity contribution in [1.29, 1.82) is 0 Å². The molecule has 0 radical (unpaired) electrons. The third kappa shape index (κ3) is 3.16. The lowest BCUT2D eigenvalue weighted by Gasteiger charge is -2.42. The molecule has 0 aromatic heterocycles. The summed E-state index contributed by atoms with van der Waals surface area (Å²) in [4.78, 5) is 13.0. The van der Waals surface area contributed by atoms with Crippen LogP contribution in [-0.4, -0.2) is 29.0 Å². The van der Waals surface area contributed by atoms with Crippen molar-refractivity contribution in [2.45, 2.75) is 39.8 Å². The third-order valence-electron chi connectivity index (χ3n) is 4.27. The number of nitro groups is 1. The van der Waals surface area contributed by atoms with Crippen LogP contribution in [-0.2, 0) is 6.54 Å². The Morgan fingerprint density at radius 1 is 1.50 bits per heavy atom. The highest BCUT2D eigenvalue weighted by Crippen LogP contribution is 2.29. The average Bonchev–Trinajstić information content (AvgIpc) is 2.35. The van der Waals surface area contributed by atoms with Gasteiger partial charge in [-0.2, -0.15) is 0 Å². The maximum Gasteiger partial charge on any atom is 0.272 e. The maximum absolute atomic E-state index is 11.0. The minimum Gasteiger partial charge on any atom is -0.327 e.